The minimum atomic E-state index is -0.354. The Morgan fingerprint density at radius 3 is 1.75 bits per heavy atom. The van der Waals surface area contributed by atoms with E-state index in [4.69, 9.17) is 4.74 Å². The molecule has 0 spiro atoms. The monoisotopic (exact) mass is 373 g/mol. The summed E-state index contributed by atoms with van der Waals surface area (Å²) < 4.78 is 5.18. The standard InChI is InChI=1S/C25H27NO2/c1-20-13-15-21(16-14-20)17-24(25(27)28-2)26(18-22-9-5-3-6-10-22)19-23-11-7-4-8-12-23/h3-16,24H,17-19H2,1-2H3/t24-/m0/s1. The van der Waals surface area contributed by atoms with Gasteiger partial charge in [-0.15, -0.1) is 0 Å². The maximum Gasteiger partial charge on any atom is 0.323 e. The van der Waals surface area contributed by atoms with E-state index in [9.17, 15) is 4.79 Å². The van der Waals surface area contributed by atoms with Crippen molar-refractivity contribution in [3.63, 3.8) is 0 Å². The number of carbonyl (C=O) groups is 1. The van der Waals surface area contributed by atoms with Crippen molar-refractivity contribution in [2.45, 2.75) is 32.5 Å². The van der Waals surface area contributed by atoms with E-state index in [1.54, 1.807) is 0 Å². The molecular weight excluding hydrogens is 346 g/mol. The van der Waals surface area contributed by atoms with Gasteiger partial charge in [0.15, 0.2) is 0 Å². The van der Waals surface area contributed by atoms with Gasteiger partial charge in [-0.25, -0.2) is 0 Å². The largest absolute Gasteiger partial charge is 0.468 e. The molecule has 0 aliphatic rings. The molecule has 0 heterocycles. The number of aryl methyl sites for hydroxylation is 1. The minimum absolute atomic E-state index is 0.201. The Morgan fingerprint density at radius 2 is 1.29 bits per heavy atom. The summed E-state index contributed by atoms with van der Waals surface area (Å²) in [4.78, 5) is 14.9. The Morgan fingerprint density at radius 1 is 0.786 bits per heavy atom. The van der Waals surface area contributed by atoms with Gasteiger partial charge in [0.2, 0.25) is 0 Å². The lowest BCUT2D eigenvalue weighted by Gasteiger charge is -2.30. The van der Waals surface area contributed by atoms with Crippen LogP contribution in [0.3, 0.4) is 0 Å². The quantitative estimate of drug-likeness (QED) is 0.532. The molecule has 3 aromatic carbocycles. The number of carbonyl (C=O) groups excluding carboxylic acids is 1. The highest BCUT2D eigenvalue weighted by atomic mass is 16.5. The van der Waals surface area contributed by atoms with Crippen molar-refractivity contribution in [3.8, 4) is 0 Å². The molecule has 0 unspecified atom stereocenters. The van der Waals surface area contributed by atoms with E-state index in [1.165, 1.54) is 23.8 Å². The van der Waals surface area contributed by atoms with Crippen molar-refractivity contribution < 1.29 is 9.53 Å². The average molecular weight is 373 g/mol. The van der Waals surface area contributed by atoms with E-state index in [0.717, 1.165) is 5.56 Å². The molecule has 3 heteroatoms. The SMILES string of the molecule is COC(=O)[C@H](Cc1ccc(C)cc1)N(Cc1ccccc1)Cc1ccccc1. The smallest absolute Gasteiger partial charge is 0.323 e. The van der Waals surface area contributed by atoms with Gasteiger partial charge in [-0.1, -0.05) is 90.5 Å². The van der Waals surface area contributed by atoms with Crippen LogP contribution >= 0.6 is 0 Å². The molecule has 0 radical (unpaired) electrons. The fraction of sp³-hybridized carbons (Fsp3) is 0.240. The zero-order chi connectivity index (χ0) is 19.8. The molecule has 28 heavy (non-hydrogen) atoms. The maximum atomic E-state index is 12.7. The van der Waals surface area contributed by atoms with Crippen LogP contribution < -0.4 is 0 Å². The second-order valence-corrected chi connectivity index (χ2v) is 7.10. The third-order valence-electron chi connectivity index (χ3n) is 4.92. The second kappa shape index (κ2) is 9.86. The van der Waals surface area contributed by atoms with E-state index in [0.29, 0.717) is 19.5 Å². The highest BCUT2D eigenvalue weighted by Crippen LogP contribution is 2.18. The molecule has 0 amide bonds. The number of benzene rings is 3. The Hall–Kier alpha value is -2.91. The first kappa shape index (κ1) is 19.8. The number of ether oxygens (including phenoxy) is 1. The molecule has 0 saturated carbocycles. The third-order valence-corrected chi connectivity index (χ3v) is 4.92. The van der Waals surface area contributed by atoms with E-state index in [2.05, 4.69) is 60.4 Å². The summed E-state index contributed by atoms with van der Waals surface area (Å²) in [6.45, 7) is 3.43. The Kier molecular flexibility index (Phi) is 6.99. The summed E-state index contributed by atoms with van der Waals surface area (Å²) in [6, 6.07) is 28.5. The maximum absolute atomic E-state index is 12.7. The molecule has 0 N–H and O–H groups in total. The number of hydrogen-bond acceptors (Lipinski definition) is 3. The zero-order valence-electron chi connectivity index (χ0n) is 16.5. The van der Waals surface area contributed by atoms with Crippen LogP contribution in [0, 0.1) is 6.92 Å². The van der Waals surface area contributed by atoms with Crippen molar-refractivity contribution in [2.24, 2.45) is 0 Å². The van der Waals surface area contributed by atoms with E-state index < -0.39 is 0 Å². The summed E-state index contributed by atoms with van der Waals surface area (Å²) in [5.74, 6) is -0.201. The molecule has 3 nitrogen and oxygen atoms in total. The molecule has 0 aromatic heterocycles. The van der Waals surface area contributed by atoms with E-state index >= 15 is 0 Å². The molecule has 0 fully saturated rings. The van der Waals surface area contributed by atoms with Crippen molar-refractivity contribution in [3.05, 3.63) is 107 Å². The lowest BCUT2D eigenvalue weighted by atomic mass is 10.0. The van der Waals surface area contributed by atoms with Gasteiger partial charge in [-0.3, -0.25) is 9.69 Å². The number of hydrogen-bond donors (Lipinski definition) is 0. The number of methoxy groups -OCH3 is 1. The predicted molar refractivity (Wildman–Crippen MR) is 113 cm³/mol. The van der Waals surface area contributed by atoms with Crippen LogP contribution in [0.4, 0.5) is 0 Å². The molecule has 144 valence electrons. The summed E-state index contributed by atoms with van der Waals surface area (Å²) in [7, 11) is 1.47. The van der Waals surface area contributed by atoms with Gasteiger partial charge in [0.25, 0.3) is 0 Å². The van der Waals surface area contributed by atoms with Gasteiger partial charge in [-0.2, -0.15) is 0 Å². The van der Waals surface area contributed by atoms with Gasteiger partial charge < -0.3 is 4.74 Å². The van der Waals surface area contributed by atoms with Crippen LogP contribution in [-0.4, -0.2) is 24.0 Å². The van der Waals surface area contributed by atoms with Crippen molar-refractivity contribution in [2.75, 3.05) is 7.11 Å². The van der Waals surface area contributed by atoms with Gasteiger partial charge in [0.1, 0.15) is 6.04 Å². The van der Waals surface area contributed by atoms with Crippen LogP contribution in [0.5, 0.6) is 0 Å². The van der Waals surface area contributed by atoms with E-state index in [-0.39, 0.29) is 12.0 Å². The summed E-state index contributed by atoms with van der Waals surface area (Å²) in [5.41, 5.74) is 4.70. The van der Waals surface area contributed by atoms with Crippen molar-refractivity contribution >= 4 is 5.97 Å². The molecule has 1 atom stereocenters. The molecule has 0 aliphatic carbocycles. The van der Waals surface area contributed by atoms with Crippen LogP contribution in [0.15, 0.2) is 84.9 Å². The Labute approximate surface area is 167 Å². The first-order chi connectivity index (χ1) is 13.7. The van der Waals surface area contributed by atoms with Crippen LogP contribution in [0.25, 0.3) is 0 Å². The number of nitrogens with zero attached hydrogens (tertiary/aromatic N) is 1. The summed E-state index contributed by atoms with van der Waals surface area (Å²) in [5, 5.41) is 0. The van der Waals surface area contributed by atoms with Gasteiger partial charge in [0, 0.05) is 13.1 Å². The fourth-order valence-corrected chi connectivity index (χ4v) is 3.36. The summed E-state index contributed by atoms with van der Waals surface area (Å²) >= 11 is 0. The van der Waals surface area contributed by atoms with Crippen LogP contribution in [0.1, 0.15) is 22.3 Å². The molecule has 3 aromatic rings. The minimum Gasteiger partial charge on any atom is -0.468 e. The molecule has 0 aliphatic heterocycles. The lowest BCUT2D eigenvalue weighted by molar-refractivity contribution is -0.147. The fourth-order valence-electron chi connectivity index (χ4n) is 3.36. The lowest BCUT2D eigenvalue weighted by Crippen LogP contribution is -2.42. The highest BCUT2D eigenvalue weighted by Gasteiger charge is 2.27. The Balaban J connectivity index is 1.89. The van der Waals surface area contributed by atoms with Crippen molar-refractivity contribution in [1.82, 2.24) is 4.90 Å². The second-order valence-electron chi connectivity index (χ2n) is 7.10. The zero-order valence-corrected chi connectivity index (χ0v) is 16.5. The number of rotatable bonds is 8. The average Bonchev–Trinajstić information content (AvgIpc) is 2.74. The number of esters is 1. The van der Waals surface area contributed by atoms with Crippen molar-refractivity contribution in [1.29, 1.82) is 0 Å². The van der Waals surface area contributed by atoms with E-state index in [1.807, 2.05) is 36.4 Å². The Bertz CT molecular complexity index is 819. The van der Waals surface area contributed by atoms with Gasteiger partial charge in [-0.05, 0) is 30.0 Å². The van der Waals surface area contributed by atoms with Crippen LogP contribution in [-0.2, 0) is 29.0 Å². The van der Waals surface area contributed by atoms with Crippen LogP contribution in [0.2, 0.25) is 0 Å². The first-order valence-corrected chi connectivity index (χ1v) is 9.61. The molecule has 0 bridgehead atoms. The molecular formula is C25H27NO2. The highest BCUT2D eigenvalue weighted by molar-refractivity contribution is 5.76. The van der Waals surface area contributed by atoms with Gasteiger partial charge in [0.05, 0.1) is 7.11 Å². The molecule has 0 saturated heterocycles. The first-order valence-electron chi connectivity index (χ1n) is 9.61. The normalized spacial score (nSPS) is 12.0. The molecule has 3 rings (SSSR count). The predicted octanol–water partition coefficient (Wildman–Crippen LogP) is 4.78. The van der Waals surface area contributed by atoms with Gasteiger partial charge >= 0.3 is 5.97 Å². The third kappa shape index (κ3) is 5.54. The summed E-state index contributed by atoms with van der Waals surface area (Å²) in [6.07, 6.45) is 0.618. The topological polar surface area (TPSA) is 29.5 Å².